The van der Waals surface area contributed by atoms with Gasteiger partial charge in [0.25, 0.3) is 0 Å². The fourth-order valence-corrected chi connectivity index (χ4v) is 2.44. The van der Waals surface area contributed by atoms with Crippen LogP contribution < -0.4 is 0 Å². The van der Waals surface area contributed by atoms with E-state index in [2.05, 4.69) is 0 Å². The first-order chi connectivity index (χ1) is 6.91. The van der Waals surface area contributed by atoms with Gasteiger partial charge in [0.15, 0.2) is 33.2 Å². The molecule has 0 aliphatic heterocycles. The van der Waals surface area contributed by atoms with Crippen molar-refractivity contribution in [1.29, 1.82) is 0 Å². The average Bonchev–Trinajstić information content (AvgIpc) is 2.16. The van der Waals surface area contributed by atoms with Gasteiger partial charge in [-0.1, -0.05) is 0 Å². The van der Waals surface area contributed by atoms with Crippen molar-refractivity contribution in [2.75, 3.05) is 0 Å². The molecule has 0 aliphatic carbocycles. The van der Waals surface area contributed by atoms with Crippen molar-refractivity contribution in [1.82, 2.24) is 0 Å². The Hall–Kier alpha value is 0.550. The van der Waals surface area contributed by atoms with Gasteiger partial charge in [-0.15, -0.1) is 0 Å². The summed E-state index contributed by atoms with van der Waals surface area (Å²) in [6, 6.07) is 3.05. The predicted molar refractivity (Wildman–Crippen MR) is 60.7 cm³/mol. The van der Waals surface area contributed by atoms with Gasteiger partial charge in [0.2, 0.25) is 0 Å². The van der Waals surface area contributed by atoms with Crippen molar-refractivity contribution in [3.8, 4) is 0 Å². The summed E-state index contributed by atoms with van der Waals surface area (Å²) in [6.45, 7) is 0. The van der Waals surface area contributed by atoms with Gasteiger partial charge in [-0.05, 0) is 18.2 Å². The summed E-state index contributed by atoms with van der Waals surface area (Å²) in [6.07, 6.45) is 0. The molecule has 0 bridgehead atoms. The molecule has 3 unspecified atom stereocenters. The molecule has 0 saturated heterocycles. The van der Waals surface area contributed by atoms with E-state index < -0.39 is 33.2 Å². The summed E-state index contributed by atoms with van der Waals surface area (Å²) in [5.41, 5.74) is 0. The predicted octanol–water partition coefficient (Wildman–Crippen LogP) is -0.220. The number of benzene rings is 1. The molecule has 0 aromatic heterocycles. The van der Waals surface area contributed by atoms with E-state index >= 15 is 0 Å². The molecule has 0 aliphatic rings. The maximum atomic E-state index is 10.7. The summed E-state index contributed by atoms with van der Waals surface area (Å²) in [4.78, 5) is -0.605. The van der Waals surface area contributed by atoms with E-state index in [-0.39, 0.29) is 44.2 Å². The fourth-order valence-electron chi connectivity index (χ4n) is 0.848. The van der Waals surface area contributed by atoms with Gasteiger partial charge in [-0.2, -0.15) is 0 Å². The van der Waals surface area contributed by atoms with E-state index in [0.717, 1.165) is 18.2 Å². The van der Waals surface area contributed by atoms with Crippen LogP contribution in [0.4, 0.5) is 0 Å². The standard InChI is InChI=1S/C6H6O6S3.Na.H/c7-13(8)4-1-5(14(9)10)3-6(2-4)15(11)12;;/h1-3H,(H,7,8)(H,9,10)(H,11,12);;. The van der Waals surface area contributed by atoms with Gasteiger partial charge >= 0.3 is 29.6 Å². The van der Waals surface area contributed by atoms with E-state index in [1.807, 2.05) is 0 Å². The van der Waals surface area contributed by atoms with Gasteiger partial charge in [0.05, 0.1) is 14.7 Å². The van der Waals surface area contributed by atoms with Gasteiger partial charge in [-0.3, -0.25) is 0 Å². The first-order valence-corrected chi connectivity index (χ1v) is 6.71. The molecule has 1 rings (SSSR count). The van der Waals surface area contributed by atoms with E-state index in [1.54, 1.807) is 0 Å². The molecule has 0 radical (unpaired) electrons. The summed E-state index contributed by atoms with van der Waals surface area (Å²) in [7, 11) is 0. The van der Waals surface area contributed by atoms with Crippen molar-refractivity contribution in [3.05, 3.63) is 18.2 Å². The van der Waals surface area contributed by atoms with E-state index in [9.17, 15) is 12.6 Å². The Morgan fingerprint density at radius 1 is 0.688 bits per heavy atom. The van der Waals surface area contributed by atoms with Crippen LogP contribution in [-0.4, -0.2) is 55.8 Å². The van der Waals surface area contributed by atoms with Gasteiger partial charge in [0.1, 0.15) is 0 Å². The minimum atomic E-state index is -2.37. The van der Waals surface area contributed by atoms with Gasteiger partial charge in [0, 0.05) is 0 Å². The number of hydrogen-bond donors (Lipinski definition) is 3. The summed E-state index contributed by atoms with van der Waals surface area (Å²) >= 11 is -7.12. The van der Waals surface area contributed by atoms with Crippen LogP contribution in [0.5, 0.6) is 0 Å². The molecule has 0 heterocycles. The SMILES string of the molecule is O=S(O)c1cc(S(=O)O)cc(S(=O)O)c1.[NaH]. The van der Waals surface area contributed by atoms with Crippen molar-refractivity contribution in [3.63, 3.8) is 0 Å². The van der Waals surface area contributed by atoms with Crippen LogP contribution in [0.25, 0.3) is 0 Å². The third kappa shape index (κ3) is 4.43. The summed E-state index contributed by atoms with van der Waals surface area (Å²) in [5, 5.41) is 0. The molecular formula is C6H7NaO6S3. The molecule has 0 saturated carbocycles. The Morgan fingerprint density at radius 3 is 1.00 bits per heavy atom. The zero-order chi connectivity index (χ0) is 11.6. The van der Waals surface area contributed by atoms with Crippen molar-refractivity contribution in [2.45, 2.75) is 14.7 Å². The van der Waals surface area contributed by atoms with Gasteiger partial charge in [-0.25, -0.2) is 12.6 Å². The normalized spacial score (nSPS) is 15.9. The quantitative estimate of drug-likeness (QED) is 0.525. The average molecular weight is 294 g/mol. The number of rotatable bonds is 3. The zero-order valence-corrected chi connectivity index (χ0v) is 9.47. The Balaban J connectivity index is 0.00000225. The first-order valence-electron chi connectivity index (χ1n) is 3.39. The molecule has 0 spiro atoms. The van der Waals surface area contributed by atoms with Crippen LogP contribution in [0, 0.1) is 0 Å². The minimum absolute atomic E-state index is 0. The maximum absolute atomic E-state index is 10.7. The van der Waals surface area contributed by atoms with E-state index in [0.29, 0.717) is 0 Å². The molecule has 3 atom stereocenters. The molecule has 0 amide bonds. The monoisotopic (exact) mass is 294 g/mol. The molecule has 6 nitrogen and oxygen atoms in total. The van der Waals surface area contributed by atoms with E-state index in [4.69, 9.17) is 13.7 Å². The second-order valence-corrected chi connectivity index (χ2v) is 5.30. The molecule has 3 N–H and O–H groups in total. The number of hydrogen-bond acceptors (Lipinski definition) is 3. The Morgan fingerprint density at radius 2 is 0.875 bits per heavy atom. The van der Waals surface area contributed by atoms with Crippen LogP contribution in [0.3, 0.4) is 0 Å². The van der Waals surface area contributed by atoms with Crippen molar-refractivity contribution >= 4 is 62.8 Å². The van der Waals surface area contributed by atoms with Crippen molar-refractivity contribution < 1.29 is 26.3 Å². The Kier molecular flexibility index (Phi) is 7.33. The zero-order valence-electron chi connectivity index (χ0n) is 7.02. The molecule has 10 heteroatoms. The molecule has 0 fully saturated rings. The van der Waals surface area contributed by atoms with E-state index in [1.165, 1.54) is 0 Å². The third-order valence-electron chi connectivity index (χ3n) is 1.46. The topological polar surface area (TPSA) is 112 Å². The van der Waals surface area contributed by atoms with Gasteiger partial charge < -0.3 is 13.7 Å². The summed E-state index contributed by atoms with van der Waals surface area (Å²) in [5.74, 6) is 0. The molecular weight excluding hydrogens is 287 g/mol. The summed E-state index contributed by atoms with van der Waals surface area (Å²) < 4.78 is 58.3. The van der Waals surface area contributed by atoms with Crippen molar-refractivity contribution in [2.24, 2.45) is 0 Å². The molecule has 16 heavy (non-hydrogen) atoms. The van der Waals surface area contributed by atoms with Crippen LogP contribution in [0.15, 0.2) is 32.9 Å². The van der Waals surface area contributed by atoms with Crippen LogP contribution in [0.2, 0.25) is 0 Å². The second-order valence-electron chi connectivity index (χ2n) is 2.39. The second kappa shape index (κ2) is 7.09. The molecule has 86 valence electrons. The first kappa shape index (κ1) is 16.6. The van der Waals surface area contributed by atoms with Crippen LogP contribution in [-0.2, 0) is 33.2 Å². The van der Waals surface area contributed by atoms with Crippen LogP contribution in [0.1, 0.15) is 0 Å². The molecule has 1 aromatic carbocycles. The van der Waals surface area contributed by atoms with Crippen LogP contribution >= 0.6 is 0 Å². The Labute approximate surface area is 121 Å². The Bertz CT molecular complexity index is 383. The third-order valence-corrected chi connectivity index (χ3v) is 3.38. The fraction of sp³-hybridized carbons (Fsp3) is 0. The molecule has 1 aromatic rings.